The van der Waals surface area contributed by atoms with Gasteiger partial charge in [0.1, 0.15) is 5.75 Å². The lowest BCUT2D eigenvalue weighted by atomic mass is 10.1. The van der Waals surface area contributed by atoms with Crippen LogP contribution in [0.2, 0.25) is 0 Å². The monoisotopic (exact) mass is 262 g/mol. The highest BCUT2D eigenvalue weighted by Crippen LogP contribution is 2.28. The highest BCUT2D eigenvalue weighted by atomic mass is 19.4. The molecule has 0 amide bonds. The molecule has 0 heterocycles. The van der Waals surface area contributed by atoms with Gasteiger partial charge in [0.25, 0.3) is 5.78 Å². The van der Waals surface area contributed by atoms with Gasteiger partial charge >= 0.3 is 12.1 Å². The van der Waals surface area contributed by atoms with Crippen molar-refractivity contribution in [1.29, 1.82) is 0 Å². The second kappa shape index (κ2) is 5.07. The van der Waals surface area contributed by atoms with Gasteiger partial charge in [-0.05, 0) is 18.2 Å². The van der Waals surface area contributed by atoms with Gasteiger partial charge < -0.3 is 9.47 Å². The van der Waals surface area contributed by atoms with E-state index in [-0.39, 0.29) is 11.3 Å². The van der Waals surface area contributed by atoms with Crippen molar-refractivity contribution in [2.45, 2.75) is 6.18 Å². The summed E-state index contributed by atoms with van der Waals surface area (Å²) in [5.41, 5.74) is -0.661. The van der Waals surface area contributed by atoms with E-state index in [1.54, 1.807) is 0 Å². The van der Waals surface area contributed by atoms with Gasteiger partial charge in [-0.15, -0.1) is 0 Å². The van der Waals surface area contributed by atoms with E-state index in [9.17, 15) is 22.8 Å². The molecule has 0 saturated heterocycles. The van der Waals surface area contributed by atoms with Gasteiger partial charge in [0.15, 0.2) is 0 Å². The summed E-state index contributed by atoms with van der Waals surface area (Å²) in [7, 11) is 2.23. The van der Waals surface area contributed by atoms with Gasteiger partial charge in [0.2, 0.25) is 0 Å². The van der Waals surface area contributed by atoms with E-state index in [1.807, 2.05) is 0 Å². The topological polar surface area (TPSA) is 52.6 Å². The number of Topliss-reactive ketones (excluding diaryl/α,β-unsaturated/α-hetero) is 1. The molecule has 0 unspecified atom stereocenters. The highest BCUT2D eigenvalue weighted by Gasteiger charge is 2.40. The smallest absolute Gasteiger partial charge is 0.455 e. The fourth-order valence-electron chi connectivity index (χ4n) is 1.28. The Kier molecular flexibility index (Phi) is 3.95. The lowest BCUT2D eigenvalue weighted by Crippen LogP contribution is -2.23. The predicted molar refractivity (Wildman–Crippen MR) is 54.7 cm³/mol. The number of ketones is 1. The highest BCUT2D eigenvalue weighted by molar-refractivity contribution is 6.03. The third kappa shape index (κ3) is 2.79. The first-order valence-electron chi connectivity index (χ1n) is 4.69. The van der Waals surface area contributed by atoms with Crippen LogP contribution in [0.4, 0.5) is 13.2 Å². The second-order valence-corrected chi connectivity index (χ2v) is 3.23. The zero-order valence-corrected chi connectivity index (χ0v) is 9.50. The largest absolute Gasteiger partial charge is 0.496 e. The summed E-state index contributed by atoms with van der Waals surface area (Å²) >= 11 is 0. The maximum Gasteiger partial charge on any atom is 0.455 e. The standard InChI is InChI=1S/C11H9F3O4/c1-17-8-5-6(10(16)18-2)3-4-7(8)9(15)11(12,13)14/h3-5H,1-2H3. The molecule has 0 aliphatic heterocycles. The van der Waals surface area contributed by atoms with Crippen LogP contribution in [0.5, 0.6) is 5.75 Å². The summed E-state index contributed by atoms with van der Waals surface area (Å²) in [6.45, 7) is 0. The molecule has 0 N–H and O–H groups in total. The molecule has 0 aromatic heterocycles. The number of alkyl halides is 3. The zero-order chi connectivity index (χ0) is 13.9. The molecule has 1 aromatic carbocycles. The number of hydrogen-bond acceptors (Lipinski definition) is 4. The molecular weight excluding hydrogens is 253 g/mol. The summed E-state index contributed by atoms with van der Waals surface area (Å²) in [6.07, 6.45) is -5.00. The molecule has 18 heavy (non-hydrogen) atoms. The van der Waals surface area contributed by atoms with Crippen molar-refractivity contribution in [3.63, 3.8) is 0 Å². The summed E-state index contributed by atoms with van der Waals surface area (Å²) in [4.78, 5) is 22.3. The van der Waals surface area contributed by atoms with Crippen LogP contribution in [-0.4, -0.2) is 32.1 Å². The molecule has 0 bridgehead atoms. The number of halogens is 3. The Balaban J connectivity index is 3.24. The maximum atomic E-state index is 12.3. The van der Waals surface area contributed by atoms with Gasteiger partial charge in [0.05, 0.1) is 25.3 Å². The average Bonchev–Trinajstić information content (AvgIpc) is 2.35. The van der Waals surface area contributed by atoms with E-state index in [2.05, 4.69) is 9.47 Å². The predicted octanol–water partition coefficient (Wildman–Crippen LogP) is 2.23. The first-order chi connectivity index (χ1) is 8.31. The average molecular weight is 262 g/mol. The number of methoxy groups -OCH3 is 2. The number of carbonyl (C=O) groups excluding carboxylic acids is 2. The number of benzene rings is 1. The first-order valence-corrected chi connectivity index (χ1v) is 4.69. The number of hydrogen-bond donors (Lipinski definition) is 0. The number of esters is 1. The second-order valence-electron chi connectivity index (χ2n) is 3.23. The van der Waals surface area contributed by atoms with E-state index >= 15 is 0 Å². The molecule has 0 aliphatic carbocycles. The molecule has 0 fully saturated rings. The molecule has 1 aromatic rings. The molecule has 1 rings (SSSR count). The molecule has 0 radical (unpaired) electrons. The number of ether oxygens (including phenoxy) is 2. The Hall–Kier alpha value is -2.05. The Morgan fingerprint density at radius 1 is 1.17 bits per heavy atom. The van der Waals surface area contributed by atoms with Gasteiger partial charge in [-0.3, -0.25) is 4.79 Å². The van der Waals surface area contributed by atoms with E-state index in [1.165, 1.54) is 0 Å². The number of carbonyl (C=O) groups is 2. The third-order valence-corrected chi connectivity index (χ3v) is 2.12. The van der Waals surface area contributed by atoms with Crippen molar-refractivity contribution in [3.05, 3.63) is 29.3 Å². The summed E-state index contributed by atoms with van der Waals surface area (Å²) in [5.74, 6) is -3.10. The van der Waals surface area contributed by atoms with Crippen molar-refractivity contribution >= 4 is 11.8 Å². The summed E-state index contributed by atoms with van der Waals surface area (Å²) in [6, 6.07) is 2.96. The minimum absolute atomic E-state index is 0.00641. The lowest BCUT2D eigenvalue weighted by Gasteiger charge is -2.10. The van der Waals surface area contributed by atoms with Crippen molar-refractivity contribution in [1.82, 2.24) is 0 Å². The van der Waals surface area contributed by atoms with E-state index in [4.69, 9.17) is 0 Å². The molecule has 98 valence electrons. The van der Waals surface area contributed by atoms with Crippen LogP contribution in [0.3, 0.4) is 0 Å². The Morgan fingerprint density at radius 3 is 2.22 bits per heavy atom. The molecule has 0 saturated carbocycles. The van der Waals surface area contributed by atoms with Gasteiger partial charge in [-0.1, -0.05) is 0 Å². The molecule has 4 nitrogen and oxygen atoms in total. The van der Waals surface area contributed by atoms with E-state index in [0.29, 0.717) is 0 Å². The van der Waals surface area contributed by atoms with Gasteiger partial charge in [-0.2, -0.15) is 13.2 Å². The quantitative estimate of drug-likeness (QED) is 0.619. The maximum absolute atomic E-state index is 12.3. The Bertz CT molecular complexity index is 480. The van der Waals surface area contributed by atoms with Crippen molar-refractivity contribution < 1.29 is 32.2 Å². The minimum Gasteiger partial charge on any atom is -0.496 e. The SMILES string of the molecule is COC(=O)c1ccc(C(=O)C(F)(F)F)c(OC)c1. The Labute approximate surface area is 100 Å². The van der Waals surface area contributed by atoms with Gasteiger partial charge in [-0.25, -0.2) is 4.79 Å². The normalized spacial score (nSPS) is 10.9. The third-order valence-electron chi connectivity index (χ3n) is 2.12. The van der Waals surface area contributed by atoms with Crippen LogP contribution in [0, 0.1) is 0 Å². The van der Waals surface area contributed by atoms with Crippen LogP contribution < -0.4 is 4.74 Å². The lowest BCUT2D eigenvalue weighted by molar-refractivity contribution is -0.0886. The number of rotatable bonds is 3. The van der Waals surface area contributed by atoms with Crippen LogP contribution in [0.25, 0.3) is 0 Å². The summed E-state index contributed by atoms with van der Waals surface area (Å²) in [5, 5.41) is 0. The van der Waals surface area contributed by atoms with Crippen LogP contribution >= 0.6 is 0 Å². The molecule has 0 aliphatic rings. The fraction of sp³-hybridized carbons (Fsp3) is 0.273. The molecule has 0 spiro atoms. The molecule has 7 heteroatoms. The van der Waals surface area contributed by atoms with Crippen LogP contribution in [0.1, 0.15) is 20.7 Å². The van der Waals surface area contributed by atoms with E-state index in [0.717, 1.165) is 32.4 Å². The van der Waals surface area contributed by atoms with Crippen molar-refractivity contribution in [2.75, 3.05) is 14.2 Å². The molecule has 0 atom stereocenters. The Morgan fingerprint density at radius 2 is 1.78 bits per heavy atom. The first kappa shape index (κ1) is 14.0. The summed E-state index contributed by atoms with van der Waals surface area (Å²) < 4.78 is 45.9. The zero-order valence-electron chi connectivity index (χ0n) is 9.50. The van der Waals surface area contributed by atoms with Crippen LogP contribution in [-0.2, 0) is 4.74 Å². The van der Waals surface area contributed by atoms with E-state index < -0.39 is 23.5 Å². The minimum atomic E-state index is -5.00. The van der Waals surface area contributed by atoms with Crippen LogP contribution in [0.15, 0.2) is 18.2 Å². The molecular formula is C11H9F3O4. The fourth-order valence-corrected chi connectivity index (χ4v) is 1.28. The van der Waals surface area contributed by atoms with Crippen molar-refractivity contribution in [3.8, 4) is 5.75 Å². The van der Waals surface area contributed by atoms with Gasteiger partial charge in [0, 0.05) is 0 Å². The van der Waals surface area contributed by atoms with Crippen molar-refractivity contribution in [2.24, 2.45) is 0 Å².